The highest BCUT2D eigenvalue weighted by Crippen LogP contribution is 2.22. The molecule has 0 radical (unpaired) electrons. The molecule has 1 N–H and O–H groups in total. The fourth-order valence-electron chi connectivity index (χ4n) is 3.77. The molecule has 0 spiro atoms. The first-order chi connectivity index (χ1) is 15.0. The van der Waals surface area contributed by atoms with E-state index in [1.807, 2.05) is 18.2 Å². The van der Waals surface area contributed by atoms with Gasteiger partial charge in [-0.2, -0.15) is 0 Å². The van der Waals surface area contributed by atoms with Crippen molar-refractivity contribution in [2.75, 3.05) is 26.8 Å². The van der Waals surface area contributed by atoms with Crippen molar-refractivity contribution in [3.63, 3.8) is 0 Å². The number of hydrogen-bond acceptors (Lipinski definition) is 4. The largest absolute Gasteiger partial charge is 0.494 e. The maximum absolute atomic E-state index is 13.0. The molecule has 168 valence electrons. The zero-order valence-corrected chi connectivity index (χ0v) is 19.0. The van der Waals surface area contributed by atoms with Gasteiger partial charge in [-0.3, -0.25) is 4.90 Å². The van der Waals surface area contributed by atoms with Crippen LogP contribution in [0.5, 0.6) is 5.75 Å². The van der Waals surface area contributed by atoms with E-state index in [0.29, 0.717) is 36.4 Å². The lowest BCUT2D eigenvalue weighted by atomic mass is 9.99. The lowest BCUT2D eigenvalue weighted by Gasteiger charge is -2.21. The molecule has 0 amide bonds. The van der Waals surface area contributed by atoms with E-state index in [9.17, 15) is 9.50 Å². The summed E-state index contributed by atoms with van der Waals surface area (Å²) in [7, 11) is 2.09. The third-order valence-electron chi connectivity index (χ3n) is 5.63. The number of aliphatic hydroxyl groups excluding tert-OH is 1. The molecule has 1 atom stereocenters. The van der Waals surface area contributed by atoms with Crippen LogP contribution in [0.2, 0.25) is 5.02 Å². The molecule has 0 saturated heterocycles. The highest BCUT2D eigenvalue weighted by Gasteiger charge is 2.14. The molecule has 31 heavy (non-hydrogen) atoms. The Morgan fingerprint density at radius 1 is 1.19 bits per heavy atom. The highest BCUT2D eigenvalue weighted by atomic mass is 35.5. The molecule has 1 unspecified atom stereocenters. The van der Waals surface area contributed by atoms with Gasteiger partial charge in [0.05, 0.1) is 30.8 Å². The summed E-state index contributed by atoms with van der Waals surface area (Å²) in [5, 5.41) is 10.1. The van der Waals surface area contributed by atoms with Crippen LogP contribution in [0.4, 0.5) is 4.39 Å². The van der Waals surface area contributed by atoms with E-state index in [1.165, 1.54) is 12.1 Å². The first-order valence-corrected chi connectivity index (χ1v) is 11.2. The SMILES string of the molecule is CCC(CCOc1ccc(F)cc1)CCN(C)Cc1nc2cc(Cl)ccc2n1CCO. The average Bonchev–Trinajstić information content (AvgIpc) is 3.08. The second kappa shape index (κ2) is 11.5. The van der Waals surface area contributed by atoms with Crippen LogP contribution in [0.15, 0.2) is 42.5 Å². The number of hydrogen-bond donors (Lipinski definition) is 1. The van der Waals surface area contributed by atoms with Crippen LogP contribution in [0, 0.1) is 11.7 Å². The molecule has 5 nitrogen and oxygen atoms in total. The lowest BCUT2D eigenvalue weighted by Crippen LogP contribution is -2.24. The van der Waals surface area contributed by atoms with Crippen LogP contribution in [0.25, 0.3) is 11.0 Å². The summed E-state index contributed by atoms with van der Waals surface area (Å²) in [5.74, 6) is 1.94. The first kappa shape index (κ1) is 23.5. The van der Waals surface area contributed by atoms with Gasteiger partial charge in [-0.15, -0.1) is 0 Å². The van der Waals surface area contributed by atoms with E-state index in [4.69, 9.17) is 21.3 Å². The molecule has 0 aliphatic carbocycles. The maximum Gasteiger partial charge on any atom is 0.124 e. The van der Waals surface area contributed by atoms with Crippen molar-refractivity contribution in [3.05, 3.63) is 59.1 Å². The van der Waals surface area contributed by atoms with Gasteiger partial charge in [-0.05, 0) is 74.8 Å². The van der Waals surface area contributed by atoms with Crippen molar-refractivity contribution in [3.8, 4) is 5.75 Å². The van der Waals surface area contributed by atoms with Crippen molar-refractivity contribution in [1.29, 1.82) is 0 Å². The molecule has 1 heterocycles. The summed E-state index contributed by atoms with van der Waals surface area (Å²) >= 11 is 6.12. The fourth-order valence-corrected chi connectivity index (χ4v) is 3.94. The van der Waals surface area contributed by atoms with E-state index < -0.39 is 0 Å². The van der Waals surface area contributed by atoms with Crippen LogP contribution in [0.3, 0.4) is 0 Å². The number of halogens is 2. The summed E-state index contributed by atoms with van der Waals surface area (Å²) in [6, 6.07) is 11.8. The Labute approximate surface area is 188 Å². The van der Waals surface area contributed by atoms with Gasteiger partial charge in [0.1, 0.15) is 17.4 Å². The monoisotopic (exact) mass is 447 g/mol. The standard InChI is InChI=1S/C24H31ClFN3O2/c1-3-18(11-15-31-21-7-5-20(26)6-8-21)10-12-28(2)17-24-27-22-16-19(25)4-9-23(22)29(24)13-14-30/h4-9,16,18,30H,3,10-15,17H2,1-2H3. The minimum absolute atomic E-state index is 0.0662. The number of ether oxygens (including phenoxy) is 1. The molecule has 2 aromatic carbocycles. The Kier molecular flexibility index (Phi) is 8.69. The van der Waals surface area contributed by atoms with E-state index in [0.717, 1.165) is 42.7 Å². The molecule has 0 saturated carbocycles. The molecular weight excluding hydrogens is 417 g/mol. The van der Waals surface area contributed by atoms with E-state index >= 15 is 0 Å². The van der Waals surface area contributed by atoms with Crippen LogP contribution < -0.4 is 4.74 Å². The second-order valence-corrected chi connectivity index (χ2v) is 8.36. The Balaban J connectivity index is 1.51. The Bertz CT molecular complexity index is 961. The number of aromatic nitrogens is 2. The van der Waals surface area contributed by atoms with Gasteiger partial charge in [0.25, 0.3) is 0 Å². The number of fused-ring (bicyclic) bond motifs is 1. The summed E-state index contributed by atoms with van der Waals surface area (Å²) in [5.41, 5.74) is 1.85. The van der Waals surface area contributed by atoms with Crippen molar-refractivity contribution < 1.29 is 14.2 Å². The summed E-state index contributed by atoms with van der Waals surface area (Å²) in [4.78, 5) is 7.01. The molecule has 0 aliphatic rings. The van der Waals surface area contributed by atoms with Crippen LogP contribution in [0.1, 0.15) is 32.0 Å². The van der Waals surface area contributed by atoms with E-state index in [-0.39, 0.29) is 12.4 Å². The quantitative estimate of drug-likeness (QED) is 0.417. The summed E-state index contributed by atoms with van der Waals surface area (Å²) in [6.07, 6.45) is 3.11. The maximum atomic E-state index is 13.0. The number of nitrogens with zero attached hydrogens (tertiary/aromatic N) is 3. The molecular formula is C24H31ClFN3O2. The number of benzene rings is 2. The smallest absolute Gasteiger partial charge is 0.124 e. The van der Waals surface area contributed by atoms with Crippen molar-refractivity contribution in [1.82, 2.24) is 14.5 Å². The third kappa shape index (κ3) is 6.66. The van der Waals surface area contributed by atoms with Crippen molar-refractivity contribution in [2.45, 2.75) is 39.3 Å². The minimum Gasteiger partial charge on any atom is -0.494 e. The first-order valence-electron chi connectivity index (χ1n) is 10.8. The van der Waals surface area contributed by atoms with Gasteiger partial charge >= 0.3 is 0 Å². The third-order valence-corrected chi connectivity index (χ3v) is 5.86. The molecule has 3 aromatic rings. The van der Waals surface area contributed by atoms with E-state index in [2.05, 4.69) is 23.4 Å². The lowest BCUT2D eigenvalue weighted by molar-refractivity contribution is 0.236. The topological polar surface area (TPSA) is 50.5 Å². The number of aliphatic hydroxyl groups is 1. The highest BCUT2D eigenvalue weighted by molar-refractivity contribution is 6.31. The zero-order valence-electron chi connectivity index (χ0n) is 18.2. The Morgan fingerprint density at radius 2 is 1.97 bits per heavy atom. The molecule has 7 heteroatoms. The van der Waals surface area contributed by atoms with Crippen molar-refractivity contribution >= 4 is 22.6 Å². The molecule has 3 rings (SSSR count). The Morgan fingerprint density at radius 3 is 2.68 bits per heavy atom. The molecule has 1 aromatic heterocycles. The van der Waals surface area contributed by atoms with Crippen LogP contribution in [-0.4, -0.2) is 46.4 Å². The van der Waals surface area contributed by atoms with Gasteiger partial charge in [0.15, 0.2) is 0 Å². The van der Waals surface area contributed by atoms with Crippen LogP contribution in [-0.2, 0) is 13.1 Å². The molecule has 0 aliphatic heterocycles. The predicted molar refractivity (Wildman–Crippen MR) is 123 cm³/mol. The zero-order chi connectivity index (χ0) is 22.2. The van der Waals surface area contributed by atoms with Crippen molar-refractivity contribution in [2.24, 2.45) is 5.92 Å². The van der Waals surface area contributed by atoms with Crippen LogP contribution >= 0.6 is 11.6 Å². The average molecular weight is 448 g/mol. The summed E-state index contributed by atoms with van der Waals surface area (Å²) < 4.78 is 20.8. The normalized spacial score (nSPS) is 12.6. The fraction of sp³-hybridized carbons (Fsp3) is 0.458. The Hall–Kier alpha value is -2.15. The summed E-state index contributed by atoms with van der Waals surface area (Å²) in [6.45, 7) is 5.05. The second-order valence-electron chi connectivity index (χ2n) is 7.93. The number of rotatable bonds is 12. The molecule has 0 bridgehead atoms. The van der Waals surface area contributed by atoms with Gasteiger partial charge in [0.2, 0.25) is 0 Å². The predicted octanol–water partition coefficient (Wildman–Crippen LogP) is 5.14. The van der Waals surface area contributed by atoms with Gasteiger partial charge in [-0.1, -0.05) is 24.9 Å². The van der Waals surface area contributed by atoms with Gasteiger partial charge in [-0.25, -0.2) is 9.37 Å². The van der Waals surface area contributed by atoms with E-state index in [1.54, 1.807) is 12.1 Å². The number of imidazole rings is 1. The molecule has 0 fully saturated rings. The van der Waals surface area contributed by atoms with Gasteiger partial charge < -0.3 is 14.4 Å². The minimum atomic E-state index is -0.252. The van der Waals surface area contributed by atoms with Gasteiger partial charge in [0, 0.05) is 11.6 Å².